The van der Waals surface area contributed by atoms with Crippen molar-refractivity contribution in [1.29, 1.82) is 0 Å². The zero-order valence-electron chi connectivity index (χ0n) is 12.1. The van der Waals surface area contributed by atoms with Crippen LogP contribution < -0.4 is 0 Å². The lowest BCUT2D eigenvalue weighted by Gasteiger charge is -2.05. The normalized spacial score (nSPS) is 11.4. The second-order valence-electron chi connectivity index (χ2n) is 5.08. The van der Waals surface area contributed by atoms with Crippen molar-refractivity contribution in [1.82, 2.24) is 19.3 Å². The maximum absolute atomic E-state index is 13.2. The standard InChI is InChI=1S/C15H17FN4S/c1-3-12-13-14(19(2)18-12)20(15(21)17-13)8-7-10-5-4-6-11(16)9-10/h4-6,9H,3,7-8H2,1-2H3,(H,17,21). The van der Waals surface area contributed by atoms with Crippen LogP contribution in [0.5, 0.6) is 0 Å². The molecule has 110 valence electrons. The molecule has 1 N–H and O–H groups in total. The van der Waals surface area contributed by atoms with E-state index in [1.165, 1.54) is 6.07 Å². The fraction of sp³-hybridized carbons (Fsp3) is 0.333. The highest BCUT2D eigenvalue weighted by atomic mass is 32.1. The molecule has 2 heterocycles. The molecule has 0 atom stereocenters. The molecule has 0 fully saturated rings. The Balaban J connectivity index is 1.95. The minimum atomic E-state index is -0.205. The Bertz CT molecular complexity index is 843. The van der Waals surface area contributed by atoms with Gasteiger partial charge in [0.05, 0.1) is 5.69 Å². The second-order valence-corrected chi connectivity index (χ2v) is 5.47. The number of benzene rings is 1. The van der Waals surface area contributed by atoms with Crippen molar-refractivity contribution in [2.24, 2.45) is 7.05 Å². The molecular formula is C15H17FN4S. The van der Waals surface area contributed by atoms with Gasteiger partial charge in [0.2, 0.25) is 0 Å². The lowest BCUT2D eigenvalue weighted by Crippen LogP contribution is -2.05. The number of rotatable bonds is 4. The number of imidazole rings is 1. The summed E-state index contributed by atoms with van der Waals surface area (Å²) in [6.07, 6.45) is 1.59. The Morgan fingerprint density at radius 2 is 2.19 bits per heavy atom. The Labute approximate surface area is 127 Å². The van der Waals surface area contributed by atoms with Crippen LogP contribution in [0.4, 0.5) is 4.39 Å². The SMILES string of the molecule is CCc1nn(C)c2c1[nH]c(=S)n2CCc1cccc(F)c1. The van der Waals surface area contributed by atoms with Crippen molar-refractivity contribution in [3.63, 3.8) is 0 Å². The number of halogens is 1. The highest BCUT2D eigenvalue weighted by Crippen LogP contribution is 2.19. The molecule has 3 aromatic rings. The number of hydrogen-bond donors (Lipinski definition) is 1. The van der Waals surface area contributed by atoms with E-state index < -0.39 is 0 Å². The van der Waals surface area contributed by atoms with Crippen LogP contribution in [0, 0.1) is 10.6 Å². The van der Waals surface area contributed by atoms with E-state index in [0.29, 0.717) is 11.3 Å². The van der Waals surface area contributed by atoms with Crippen LogP contribution in [0.3, 0.4) is 0 Å². The molecule has 0 radical (unpaired) electrons. The van der Waals surface area contributed by atoms with Crippen LogP contribution in [-0.4, -0.2) is 19.3 Å². The minimum Gasteiger partial charge on any atom is -0.328 e. The zero-order valence-corrected chi connectivity index (χ0v) is 12.9. The van der Waals surface area contributed by atoms with Gasteiger partial charge in [0.25, 0.3) is 0 Å². The average Bonchev–Trinajstić information content (AvgIpc) is 2.94. The van der Waals surface area contributed by atoms with Crippen molar-refractivity contribution in [2.75, 3.05) is 0 Å². The number of aryl methyl sites for hydroxylation is 4. The Kier molecular flexibility index (Phi) is 3.63. The number of hydrogen-bond acceptors (Lipinski definition) is 2. The summed E-state index contributed by atoms with van der Waals surface area (Å²) in [6.45, 7) is 2.77. The fourth-order valence-electron chi connectivity index (χ4n) is 2.67. The molecule has 0 aliphatic rings. The van der Waals surface area contributed by atoms with Crippen molar-refractivity contribution < 1.29 is 4.39 Å². The molecular weight excluding hydrogens is 287 g/mol. The van der Waals surface area contributed by atoms with Gasteiger partial charge in [0.1, 0.15) is 11.3 Å². The summed E-state index contributed by atoms with van der Waals surface area (Å²) < 4.78 is 17.8. The predicted octanol–water partition coefficient (Wildman–Crippen LogP) is 3.38. The van der Waals surface area contributed by atoms with Crippen molar-refractivity contribution >= 4 is 23.4 Å². The molecule has 0 unspecified atom stereocenters. The van der Waals surface area contributed by atoms with Gasteiger partial charge in [-0.2, -0.15) is 5.10 Å². The van der Waals surface area contributed by atoms with E-state index >= 15 is 0 Å². The fourth-order valence-corrected chi connectivity index (χ4v) is 2.95. The molecule has 0 aliphatic carbocycles. The number of nitrogens with one attached hydrogen (secondary N) is 1. The monoisotopic (exact) mass is 304 g/mol. The first-order chi connectivity index (χ1) is 10.1. The van der Waals surface area contributed by atoms with Crippen molar-refractivity contribution in [3.8, 4) is 0 Å². The molecule has 0 saturated heterocycles. The van der Waals surface area contributed by atoms with Crippen molar-refractivity contribution in [3.05, 3.63) is 46.1 Å². The number of aromatic nitrogens is 4. The number of aromatic amines is 1. The quantitative estimate of drug-likeness (QED) is 0.751. The molecule has 0 spiro atoms. The lowest BCUT2D eigenvalue weighted by molar-refractivity contribution is 0.620. The molecule has 3 rings (SSSR count). The van der Waals surface area contributed by atoms with Crippen LogP contribution >= 0.6 is 12.2 Å². The van der Waals surface area contributed by atoms with Gasteiger partial charge in [0, 0.05) is 13.6 Å². The van der Waals surface area contributed by atoms with E-state index in [-0.39, 0.29) is 5.82 Å². The molecule has 1 aromatic carbocycles. The first kappa shape index (κ1) is 14.0. The van der Waals surface area contributed by atoms with Gasteiger partial charge in [-0.15, -0.1) is 0 Å². The Hall–Kier alpha value is -1.95. The summed E-state index contributed by atoms with van der Waals surface area (Å²) in [4.78, 5) is 3.24. The first-order valence-electron chi connectivity index (χ1n) is 6.99. The predicted molar refractivity (Wildman–Crippen MR) is 83.4 cm³/mol. The molecule has 0 aliphatic heterocycles. The number of H-pyrrole nitrogens is 1. The number of fused-ring (bicyclic) bond motifs is 1. The maximum atomic E-state index is 13.2. The minimum absolute atomic E-state index is 0.205. The molecule has 6 heteroatoms. The summed E-state index contributed by atoms with van der Waals surface area (Å²) in [6, 6.07) is 6.68. The van der Waals surface area contributed by atoms with Gasteiger partial charge in [-0.05, 0) is 42.8 Å². The van der Waals surface area contributed by atoms with Gasteiger partial charge >= 0.3 is 0 Å². The molecule has 0 bridgehead atoms. The van der Waals surface area contributed by atoms with Crippen LogP contribution in [0.2, 0.25) is 0 Å². The highest BCUT2D eigenvalue weighted by Gasteiger charge is 2.14. The first-order valence-corrected chi connectivity index (χ1v) is 7.39. The Morgan fingerprint density at radius 1 is 1.38 bits per heavy atom. The van der Waals surface area contributed by atoms with Crippen molar-refractivity contribution in [2.45, 2.75) is 26.3 Å². The van der Waals surface area contributed by atoms with E-state index in [0.717, 1.165) is 35.3 Å². The van der Waals surface area contributed by atoms with E-state index in [1.807, 2.05) is 22.4 Å². The largest absolute Gasteiger partial charge is 0.328 e. The smallest absolute Gasteiger partial charge is 0.179 e. The van der Waals surface area contributed by atoms with Gasteiger partial charge < -0.3 is 9.55 Å². The summed E-state index contributed by atoms with van der Waals surface area (Å²) in [5, 5.41) is 4.50. The van der Waals surface area contributed by atoms with Gasteiger partial charge in [-0.3, -0.25) is 4.68 Å². The van der Waals surface area contributed by atoms with E-state index in [9.17, 15) is 4.39 Å². The van der Waals surface area contributed by atoms with E-state index in [4.69, 9.17) is 12.2 Å². The summed E-state index contributed by atoms with van der Waals surface area (Å²) in [5.41, 5.74) is 3.98. The summed E-state index contributed by atoms with van der Waals surface area (Å²) >= 11 is 5.41. The van der Waals surface area contributed by atoms with Gasteiger partial charge in [-0.1, -0.05) is 19.1 Å². The lowest BCUT2D eigenvalue weighted by atomic mass is 10.1. The van der Waals surface area contributed by atoms with Crippen LogP contribution in [0.15, 0.2) is 24.3 Å². The van der Waals surface area contributed by atoms with Gasteiger partial charge in [0.15, 0.2) is 10.4 Å². The third-order valence-corrected chi connectivity index (χ3v) is 3.99. The van der Waals surface area contributed by atoms with Crippen LogP contribution in [0.1, 0.15) is 18.2 Å². The topological polar surface area (TPSA) is 38.5 Å². The second kappa shape index (κ2) is 5.44. The highest BCUT2D eigenvalue weighted by molar-refractivity contribution is 7.71. The molecule has 21 heavy (non-hydrogen) atoms. The van der Waals surface area contributed by atoms with E-state index in [2.05, 4.69) is 17.0 Å². The zero-order chi connectivity index (χ0) is 15.0. The number of nitrogens with zero attached hydrogens (tertiary/aromatic N) is 3. The average molecular weight is 304 g/mol. The molecule has 4 nitrogen and oxygen atoms in total. The van der Waals surface area contributed by atoms with E-state index in [1.54, 1.807) is 12.1 Å². The maximum Gasteiger partial charge on any atom is 0.179 e. The Morgan fingerprint density at radius 3 is 2.90 bits per heavy atom. The molecule has 0 saturated carbocycles. The van der Waals surface area contributed by atoms with Crippen LogP contribution in [0.25, 0.3) is 11.2 Å². The summed E-state index contributed by atoms with van der Waals surface area (Å²) in [5.74, 6) is -0.205. The summed E-state index contributed by atoms with van der Waals surface area (Å²) in [7, 11) is 1.92. The third-order valence-electron chi connectivity index (χ3n) is 3.67. The molecule has 0 amide bonds. The molecule has 2 aromatic heterocycles. The third kappa shape index (κ3) is 2.51. The van der Waals surface area contributed by atoms with Crippen LogP contribution in [-0.2, 0) is 26.4 Å². The van der Waals surface area contributed by atoms with Gasteiger partial charge in [-0.25, -0.2) is 4.39 Å².